The molecule has 1 aromatic heterocycles. The Morgan fingerprint density at radius 1 is 1.16 bits per heavy atom. The Kier molecular flexibility index (Phi) is 5.02. The molecule has 1 aliphatic heterocycles. The molecule has 2 fully saturated rings. The Hall–Kier alpha value is -1.66. The molecule has 6 nitrogen and oxygen atoms in total. The molecule has 0 radical (unpaired) electrons. The smallest absolute Gasteiger partial charge is 0.261 e. The summed E-state index contributed by atoms with van der Waals surface area (Å²) in [5.41, 5.74) is 0.831. The normalized spacial score (nSPS) is 24.0. The van der Waals surface area contributed by atoms with Gasteiger partial charge in [-0.05, 0) is 44.7 Å². The number of halogens is 1. The van der Waals surface area contributed by atoms with Gasteiger partial charge in [-0.15, -0.1) is 12.4 Å². The minimum Gasteiger partial charge on any atom is -0.347 e. The predicted molar refractivity (Wildman–Crippen MR) is 96.7 cm³/mol. The molecule has 25 heavy (non-hydrogen) atoms. The summed E-state index contributed by atoms with van der Waals surface area (Å²) in [6, 6.07) is 1.55. The van der Waals surface area contributed by atoms with E-state index in [1.54, 1.807) is 0 Å². The van der Waals surface area contributed by atoms with Crippen molar-refractivity contribution < 1.29 is 9.59 Å². The maximum absolute atomic E-state index is 12.7. The number of aromatic amines is 1. The molecule has 3 N–H and O–H groups in total. The van der Waals surface area contributed by atoms with Gasteiger partial charge in [-0.1, -0.05) is 12.8 Å². The van der Waals surface area contributed by atoms with E-state index in [2.05, 4.69) is 15.6 Å². The van der Waals surface area contributed by atoms with Gasteiger partial charge in [-0.25, -0.2) is 0 Å². The van der Waals surface area contributed by atoms with Crippen molar-refractivity contribution in [2.24, 2.45) is 0 Å². The summed E-state index contributed by atoms with van der Waals surface area (Å²) in [6.45, 7) is 0.893. The fraction of sp³-hybridized carbons (Fsp3) is 0.611. The van der Waals surface area contributed by atoms with E-state index in [-0.39, 0.29) is 41.2 Å². The van der Waals surface area contributed by atoms with E-state index in [4.69, 9.17) is 0 Å². The standard InChI is InChI=1S/C18H23N3O3.ClH/c22-14-5-3-4-13-11(14)10-12(16(23)20-13)17(24)21-15-6-9-19-18(15)7-1-2-8-18;/h10,15,19H,1-9H2,(H,20,23)(H,21,24);1H. The Labute approximate surface area is 152 Å². The number of ketones is 1. The first-order valence-electron chi connectivity index (χ1n) is 8.94. The minimum absolute atomic E-state index is 0. The second-order valence-corrected chi connectivity index (χ2v) is 7.29. The van der Waals surface area contributed by atoms with Crippen molar-refractivity contribution in [1.29, 1.82) is 0 Å². The lowest BCUT2D eigenvalue weighted by Crippen LogP contribution is -2.53. The molecule has 1 amide bonds. The maximum atomic E-state index is 12.7. The molecule has 1 unspecified atom stereocenters. The van der Waals surface area contributed by atoms with Crippen LogP contribution in [0.2, 0.25) is 0 Å². The van der Waals surface area contributed by atoms with Crippen LogP contribution in [0.3, 0.4) is 0 Å². The van der Waals surface area contributed by atoms with E-state index < -0.39 is 5.56 Å². The Bertz CT molecular complexity index is 747. The summed E-state index contributed by atoms with van der Waals surface area (Å²) in [6.07, 6.45) is 7.29. The van der Waals surface area contributed by atoms with Crippen LogP contribution in [0, 0.1) is 0 Å². The molecule has 1 aromatic rings. The molecule has 4 rings (SSSR count). The van der Waals surface area contributed by atoms with Crippen molar-refractivity contribution in [1.82, 2.24) is 15.6 Å². The summed E-state index contributed by atoms with van der Waals surface area (Å²) < 4.78 is 0. The maximum Gasteiger partial charge on any atom is 0.261 e. The van der Waals surface area contributed by atoms with Crippen LogP contribution in [-0.4, -0.2) is 34.8 Å². The van der Waals surface area contributed by atoms with Crippen molar-refractivity contribution in [3.8, 4) is 0 Å². The van der Waals surface area contributed by atoms with Crippen LogP contribution in [0.15, 0.2) is 10.9 Å². The van der Waals surface area contributed by atoms with Crippen molar-refractivity contribution in [2.45, 2.75) is 62.9 Å². The number of rotatable bonds is 2. The van der Waals surface area contributed by atoms with Crippen molar-refractivity contribution >= 4 is 24.1 Å². The van der Waals surface area contributed by atoms with Gasteiger partial charge in [0.05, 0.1) is 0 Å². The Morgan fingerprint density at radius 3 is 2.68 bits per heavy atom. The zero-order valence-electron chi connectivity index (χ0n) is 14.2. The number of carbonyl (C=O) groups excluding carboxylic acids is 2. The van der Waals surface area contributed by atoms with Gasteiger partial charge in [-0.2, -0.15) is 0 Å². The number of H-pyrrole nitrogens is 1. The third-order valence-corrected chi connectivity index (χ3v) is 5.88. The third kappa shape index (κ3) is 3.13. The highest BCUT2D eigenvalue weighted by Crippen LogP contribution is 2.36. The number of nitrogens with one attached hydrogen (secondary N) is 3. The van der Waals surface area contributed by atoms with Gasteiger partial charge in [0.2, 0.25) is 0 Å². The summed E-state index contributed by atoms with van der Waals surface area (Å²) in [5, 5.41) is 6.61. The van der Waals surface area contributed by atoms with E-state index in [9.17, 15) is 14.4 Å². The molecule has 136 valence electrons. The lowest BCUT2D eigenvalue weighted by molar-refractivity contribution is 0.0917. The van der Waals surface area contributed by atoms with Gasteiger partial charge in [0.25, 0.3) is 11.5 Å². The lowest BCUT2D eigenvalue weighted by atomic mass is 9.89. The fourth-order valence-electron chi connectivity index (χ4n) is 4.59. The second kappa shape index (κ2) is 6.92. The molecule has 0 bridgehead atoms. The number of hydrogen-bond donors (Lipinski definition) is 3. The zero-order valence-corrected chi connectivity index (χ0v) is 15.0. The number of amides is 1. The van der Waals surface area contributed by atoms with Gasteiger partial charge in [0.1, 0.15) is 5.56 Å². The number of hydrogen-bond acceptors (Lipinski definition) is 4. The topological polar surface area (TPSA) is 91.1 Å². The Balaban J connectivity index is 0.00000182. The molecular formula is C18H24ClN3O3. The molecule has 1 saturated carbocycles. The molecule has 1 atom stereocenters. The molecule has 3 aliphatic rings. The van der Waals surface area contributed by atoms with Gasteiger partial charge in [0, 0.05) is 29.3 Å². The highest BCUT2D eigenvalue weighted by atomic mass is 35.5. The summed E-state index contributed by atoms with van der Waals surface area (Å²) >= 11 is 0. The average molecular weight is 366 g/mol. The number of carbonyl (C=O) groups is 2. The van der Waals surface area contributed by atoms with Crippen molar-refractivity contribution in [3.05, 3.63) is 33.2 Å². The number of aryl methyl sites for hydroxylation is 1. The van der Waals surface area contributed by atoms with Crippen LogP contribution in [0.1, 0.15) is 71.4 Å². The molecule has 1 spiro atoms. The first-order valence-corrected chi connectivity index (χ1v) is 8.94. The van der Waals surface area contributed by atoms with Crippen LogP contribution in [0.5, 0.6) is 0 Å². The summed E-state index contributed by atoms with van der Waals surface area (Å²) in [7, 11) is 0. The average Bonchev–Trinajstić information content (AvgIpc) is 3.18. The summed E-state index contributed by atoms with van der Waals surface area (Å²) in [4.78, 5) is 39.8. The van der Waals surface area contributed by atoms with Crippen molar-refractivity contribution in [3.63, 3.8) is 0 Å². The van der Waals surface area contributed by atoms with Crippen molar-refractivity contribution in [2.75, 3.05) is 6.54 Å². The molecular weight excluding hydrogens is 342 g/mol. The van der Waals surface area contributed by atoms with Gasteiger partial charge >= 0.3 is 0 Å². The van der Waals surface area contributed by atoms with Gasteiger partial charge in [-0.3, -0.25) is 14.4 Å². The molecule has 2 heterocycles. The molecule has 1 saturated heterocycles. The van der Waals surface area contributed by atoms with Crippen LogP contribution in [0.25, 0.3) is 0 Å². The van der Waals surface area contributed by atoms with E-state index >= 15 is 0 Å². The first kappa shape index (κ1) is 18.1. The minimum atomic E-state index is -0.396. The molecule has 2 aliphatic carbocycles. The van der Waals surface area contributed by atoms with E-state index in [0.717, 1.165) is 32.2 Å². The van der Waals surface area contributed by atoms with Crippen LogP contribution in [-0.2, 0) is 6.42 Å². The van der Waals surface area contributed by atoms with Crippen LogP contribution in [0.4, 0.5) is 0 Å². The Morgan fingerprint density at radius 2 is 1.92 bits per heavy atom. The first-order chi connectivity index (χ1) is 11.6. The van der Waals surface area contributed by atoms with Crippen LogP contribution < -0.4 is 16.2 Å². The third-order valence-electron chi connectivity index (χ3n) is 5.88. The number of fused-ring (bicyclic) bond motifs is 1. The largest absolute Gasteiger partial charge is 0.347 e. The van der Waals surface area contributed by atoms with E-state index in [1.807, 2.05) is 0 Å². The molecule has 7 heteroatoms. The quantitative estimate of drug-likeness (QED) is 0.744. The van der Waals surface area contributed by atoms with E-state index in [0.29, 0.717) is 24.1 Å². The number of Topliss-reactive ketones (excluding diaryl/α,β-unsaturated/α-hetero) is 1. The highest BCUT2D eigenvalue weighted by molar-refractivity contribution is 6.01. The number of aromatic nitrogens is 1. The fourth-order valence-corrected chi connectivity index (χ4v) is 4.59. The SMILES string of the molecule is Cl.O=C1CCCc2[nH]c(=O)c(C(=O)NC3CCNC34CCCC4)cc21. The lowest BCUT2D eigenvalue weighted by Gasteiger charge is -2.31. The predicted octanol–water partition coefficient (Wildman–Crippen LogP) is 1.72. The summed E-state index contributed by atoms with van der Waals surface area (Å²) in [5.74, 6) is -0.353. The van der Waals surface area contributed by atoms with Gasteiger partial charge < -0.3 is 15.6 Å². The van der Waals surface area contributed by atoms with Gasteiger partial charge in [0.15, 0.2) is 5.78 Å². The monoisotopic (exact) mass is 365 g/mol. The van der Waals surface area contributed by atoms with E-state index in [1.165, 1.54) is 18.9 Å². The highest BCUT2D eigenvalue weighted by Gasteiger charge is 2.45. The second-order valence-electron chi connectivity index (χ2n) is 7.29. The van der Waals surface area contributed by atoms with Crippen LogP contribution >= 0.6 is 12.4 Å². The number of pyridine rings is 1. The molecule has 0 aromatic carbocycles. The zero-order chi connectivity index (χ0) is 16.7.